The van der Waals surface area contributed by atoms with Gasteiger partial charge >= 0.3 is 6.03 Å². The Morgan fingerprint density at radius 1 is 1.85 bits per heavy atom. The summed E-state index contributed by atoms with van der Waals surface area (Å²) in [5, 5.41) is 7.49. The van der Waals surface area contributed by atoms with Gasteiger partial charge in [0.15, 0.2) is 0 Å². The fourth-order valence-corrected chi connectivity index (χ4v) is 0.969. The fraction of sp³-hybridized carbons (Fsp3) is 0.500. The molecular formula is C8H11N3O2. The molecular weight excluding hydrogens is 170 g/mol. The molecule has 70 valence electrons. The molecule has 1 aliphatic rings. The molecule has 2 unspecified atom stereocenters. The number of carbonyl (C=O) groups is 2. The highest BCUT2D eigenvalue weighted by Crippen LogP contribution is 1.91. The SMILES string of the molecule is C#CC(C)NC(=O)C1CNC(=O)N1. The molecule has 1 saturated heterocycles. The monoisotopic (exact) mass is 181 g/mol. The third-order valence-electron chi connectivity index (χ3n) is 1.70. The highest BCUT2D eigenvalue weighted by Gasteiger charge is 2.26. The summed E-state index contributed by atoms with van der Waals surface area (Å²) in [6.07, 6.45) is 5.08. The topological polar surface area (TPSA) is 70.2 Å². The van der Waals surface area contributed by atoms with Crippen LogP contribution in [0.25, 0.3) is 0 Å². The zero-order valence-electron chi connectivity index (χ0n) is 7.26. The first-order valence-corrected chi connectivity index (χ1v) is 3.94. The van der Waals surface area contributed by atoms with Crippen molar-refractivity contribution in [3.8, 4) is 12.3 Å². The normalized spacial score (nSPS) is 22.5. The summed E-state index contributed by atoms with van der Waals surface area (Å²) in [6, 6.07) is -1.15. The minimum atomic E-state index is -0.511. The van der Waals surface area contributed by atoms with Crippen LogP contribution in [0.1, 0.15) is 6.92 Å². The molecule has 0 aromatic carbocycles. The molecule has 0 bridgehead atoms. The van der Waals surface area contributed by atoms with Crippen molar-refractivity contribution in [2.45, 2.75) is 19.0 Å². The molecule has 1 aliphatic heterocycles. The second kappa shape index (κ2) is 3.81. The second-order valence-corrected chi connectivity index (χ2v) is 2.80. The molecule has 5 heteroatoms. The van der Waals surface area contributed by atoms with Crippen molar-refractivity contribution in [3.05, 3.63) is 0 Å². The minimum absolute atomic E-state index is 0.260. The molecule has 13 heavy (non-hydrogen) atoms. The maximum Gasteiger partial charge on any atom is 0.315 e. The van der Waals surface area contributed by atoms with Gasteiger partial charge in [-0.25, -0.2) is 4.79 Å². The summed E-state index contributed by atoms with van der Waals surface area (Å²) in [7, 11) is 0. The lowest BCUT2D eigenvalue weighted by molar-refractivity contribution is -0.122. The number of carbonyl (C=O) groups excluding carboxylic acids is 2. The van der Waals surface area contributed by atoms with Gasteiger partial charge in [-0.1, -0.05) is 5.92 Å². The average Bonchev–Trinajstić information content (AvgIpc) is 2.51. The first-order chi connectivity index (χ1) is 6.13. The number of amides is 3. The van der Waals surface area contributed by atoms with Crippen LogP contribution < -0.4 is 16.0 Å². The molecule has 0 spiro atoms. The van der Waals surface area contributed by atoms with Crippen molar-refractivity contribution in [3.63, 3.8) is 0 Å². The minimum Gasteiger partial charge on any atom is -0.341 e. The number of urea groups is 1. The zero-order chi connectivity index (χ0) is 9.84. The maximum atomic E-state index is 11.3. The van der Waals surface area contributed by atoms with E-state index < -0.39 is 6.04 Å². The van der Waals surface area contributed by atoms with Crippen molar-refractivity contribution in [1.29, 1.82) is 0 Å². The molecule has 3 N–H and O–H groups in total. The van der Waals surface area contributed by atoms with Gasteiger partial charge in [-0.2, -0.15) is 0 Å². The third kappa shape index (κ3) is 2.37. The van der Waals surface area contributed by atoms with Crippen LogP contribution in [0.15, 0.2) is 0 Å². The Balaban J connectivity index is 2.41. The fourth-order valence-electron chi connectivity index (χ4n) is 0.969. The molecule has 2 atom stereocenters. The van der Waals surface area contributed by atoms with Crippen LogP contribution in [0.4, 0.5) is 4.79 Å². The maximum absolute atomic E-state index is 11.3. The van der Waals surface area contributed by atoms with E-state index in [1.54, 1.807) is 6.92 Å². The molecule has 0 aromatic rings. The Kier molecular flexibility index (Phi) is 2.75. The summed E-state index contributed by atoms with van der Waals surface area (Å²) in [5.41, 5.74) is 0. The number of rotatable bonds is 2. The predicted octanol–water partition coefficient (Wildman–Crippen LogP) is -1.19. The third-order valence-corrected chi connectivity index (χ3v) is 1.70. The number of hydrogen-bond acceptors (Lipinski definition) is 2. The Labute approximate surface area is 76.3 Å². The van der Waals surface area contributed by atoms with Gasteiger partial charge in [-0.15, -0.1) is 6.42 Å². The Morgan fingerprint density at radius 3 is 3.00 bits per heavy atom. The molecule has 3 amide bonds. The highest BCUT2D eigenvalue weighted by atomic mass is 16.2. The van der Waals surface area contributed by atoms with Gasteiger partial charge in [0, 0.05) is 6.54 Å². The Morgan fingerprint density at radius 2 is 2.54 bits per heavy atom. The lowest BCUT2D eigenvalue weighted by atomic mass is 10.2. The summed E-state index contributed by atoms with van der Waals surface area (Å²) in [4.78, 5) is 22.0. The van der Waals surface area contributed by atoms with Crippen LogP contribution in [0.2, 0.25) is 0 Å². The van der Waals surface area contributed by atoms with Gasteiger partial charge in [0.05, 0.1) is 6.04 Å². The first-order valence-electron chi connectivity index (χ1n) is 3.94. The van der Waals surface area contributed by atoms with Gasteiger partial charge in [0.25, 0.3) is 0 Å². The van der Waals surface area contributed by atoms with Crippen molar-refractivity contribution in [2.75, 3.05) is 6.54 Å². The van der Waals surface area contributed by atoms with E-state index in [0.717, 1.165) is 0 Å². The Bertz CT molecular complexity index is 269. The van der Waals surface area contributed by atoms with Crippen molar-refractivity contribution >= 4 is 11.9 Å². The van der Waals surface area contributed by atoms with Crippen molar-refractivity contribution < 1.29 is 9.59 Å². The molecule has 1 heterocycles. The number of terminal acetylenes is 1. The van der Waals surface area contributed by atoms with Crippen LogP contribution in [-0.2, 0) is 4.79 Å². The highest BCUT2D eigenvalue weighted by molar-refractivity contribution is 5.90. The van der Waals surface area contributed by atoms with E-state index in [1.807, 2.05) is 0 Å². The molecule has 0 saturated carbocycles. The van der Waals surface area contributed by atoms with Crippen LogP contribution >= 0.6 is 0 Å². The zero-order valence-corrected chi connectivity index (χ0v) is 7.26. The first kappa shape index (κ1) is 9.39. The largest absolute Gasteiger partial charge is 0.341 e. The molecule has 1 rings (SSSR count). The van der Waals surface area contributed by atoms with Gasteiger partial charge < -0.3 is 16.0 Å². The van der Waals surface area contributed by atoms with Crippen LogP contribution in [0, 0.1) is 12.3 Å². The van der Waals surface area contributed by atoms with E-state index in [2.05, 4.69) is 21.9 Å². The molecule has 5 nitrogen and oxygen atoms in total. The number of hydrogen-bond donors (Lipinski definition) is 3. The van der Waals surface area contributed by atoms with Crippen LogP contribution in [-0.4, -0.2) is 30.6 Å². The van der Waals surface area contributed by atoms with Gasteiger partial charge in [0.1, 0.15) is 6.04 Å². The standard InChI is InChI=1S/C8H11N3O2/c1-3-5(2)10-7(12)6-4-9-8(13)11-6/h1,5-6H,4H2,2H3,(H,10,12)(H2,9,11,13). The predicted molar refractivity (Wildman–Crippen MR) is 46.8 cm³/mol. The molecule has 0 radical (unpaired) electrons. The lowest BCUT2D eigenvalue weighted by Gasteiger charge is -2.11. The smallest absolute Gasteiger partial charge is 0.315 e. The summed E-state index contributed by atoms with van der Waals surface area (Å²) in [5.74, 6) is 2.11. The van der Waals surface area contributed by atoms with Crippen LogP contribution in [0.5, 0.6) is 0 Å². The number of nitrogens with one attached hydrogen (secondary N) is 3. The molecule has 0 aliphatic carbocycles. The molecule has 0 aromatic heterocycles. The van der Waals surface area contributed by atoms with Gasteiger partial charge in [-0.3, -0.25) is 4.79 Å². The van der Waals surface area contributed by atoms with Crippen molar-refractivity contribution in [2.24, 2.45) is 0 Å². The van der Waals surface area contributed by atoms with Crippen LogP contribution in [0.3, 0.4) is 0 Å². The molecule has 1 fully saturated rings. The lowest BCUT2D eigenvalue weighted by Crippen LogP contribution is -2.45. The second-order valence-electron chi connectivity index (χ2n) is 2.80. The van der Waals surface area contributed by atoms with E-state index >= 15 is 0 Å². The van der Waals surface area contributed by atoms with E-state index in [1.165, 1.54) is 0 Å². The van der Waals surface area contributed by atoms with Crippen molar-refractivity contribution in [1.82, 2.24) is 16.0 Å². The van der Waals surface area contributed by atoms with E-state index in [9.17, 15) is 9.59 Å². The summed E-state index contributed by atoms with van der Waals surface area (Å²) >= 11 is 0. The van der Waals surface area contributed by atoms with Gasteiger partial charge in [0.2, 0.25) is 5.91 Å². The van der Waals surface area contributed by atoms with E-state index in [4.69, 9.17) is 6.42 Å². The average molecular weight is 181 g/mol. The van der Waals surface area contributed by atoms with E-state index in [-0.39, 0.29) is 18.0 Å². The van der Waals surface area contributed by atoms with Gasteiger partial charge in [-0.05, 0) is 6.92 Å². The quantitative estimate of drug-likeness (QED) is 0.469. The Hall–Kier alpha value is -1.70. The summed E-state index contributed by atoms with van der Waals surface area (Å²) < 4.78 is 0. The van der Waals surface area contributed by atoms with E-state index in [0.29, 0.717) is 6.54 Å². The summed E-state index contributed by atoms with van der Waals surface area (Å²) in [6.45, 7) is 2.00.